The predicted molar refractivity (Wildman–Crippen MR) is 100 cm³/mol. The molecule has 0 unspecified atom stereocenters. The minimum Gasteiger partial charge on any atom is -0.427 e. The maximum absolute atomic E-state index is 13.5. The number of nitrogen functional groups attached to an aromatic ring is 2. The Labute approximate surface area is 161 Å². The first-order valence-corrected chi connectivity index (χ1v) is 8.95. The van der Waals surface area contributed by atoms with Gasteiger partial charge in [-0.25, -0.2) is 9.37 Å². The first-order chi connectivity index (χ1) is 13.2. The molecule has 4 rings (SSSR count). The Kier molecular flexibility index (Phi) is 3.89. The summed E-state index contributed by atoms with van der Waals surface area (Å²) in [5, 5.41) is 9.45. The van der Waals surface area contributed by atoms with Gasteiger partial charge < -0.3 is 10.5 Å². The topological polar surface area (TPSA) is 116 Å². The summed E-state index contributed by atoms with van der Waals surface area (Å²) >= 11 is 0. The zero-order valence-electron chi connectivity index (χ0n) is 15.6. The molecule has 2 aliphatic rings. The lowest BCUT2D eigenvalue weighted by atomic mass is 9.70. The molecule has 1 aromatic heterocycles. The van der Waals surface area contributed by atoms with Crippen LogP contribution in [0.4, 0.5) is 15.9 Å². The Bertz CT molecular complexity index is 1080. The summed E-state index contributed by atoms with van der Waals surface area (Å²) in [6.45, 7) is 4.01. The van der Waals surface area contributed by atoms with E-state index in [1.807, 2.05) is 19.9 Å². The van der Waals surface area contributed by atoms with Crippen molar-refractivity contribution in [2.75, 3.05) is 11.5 Å². The van der Waals surface area contributed by atoms with Crippen LogP contribution in [0.2, 0.25) is 0 Å². The highest BCUT2D eigenvalue weighted by atomic mass is 19.1. The number of pyridine rings is 1. The van der Waals surface area contributed by atoms with Gasteiger partial charge in [0.15, 0.2) is 11.3 Å². The monoisotopic (exact) mass is 379 g/mol. The molecule has 1 aliphatic heterocycles. The van der Waals surface area contributed by atoms with Gasteiger partial charge in [-0.2, -0.15) is 5.26 Å². The van der Waals surface area contributed by atoms with Crippen molar-refractivity contribution in [1.82, 2.24) is 0 Å². The first-order valence-electron chi connectivity index (χ1n) is 8.95. The maximum atomic E-state index is 13.5. The standard InChI is InChI=1S/C21H19FN4O2/c1-21(2)7-13(27)16-14(8-21)28-20-17(18(24)12(9-23)19(25)26-20)15(16)10-3-5-11(22)6-4-10/h3-6,15H,7-8H2,1-2H3,(H4,24,25,26)/p+1/t15-/m0/s1. The normalized spacial score (nSPS) is 20.1. The fourth-order valence-corrected chi connectivity index (χ4v) is 4.09. The van der Waals surface area contributed by atoms with E-state index in [4.69, 9.17) is 16.2 Å². The highest BCUT2D eigenvalue weighted by Gasteiger charge is 2.45. The lowest BCUT2D eigenvalue weighted by Crippen LogP contribution is -2.35. The largest absolute Gasteiger partial charge is 0.427 e. The van der Waals surface area contributed by atoms with Gasteiger partial charge in [-0.3, -0.25) is 10.5 Å². The summed E-state index contributed by atoms with van der Waals surface area (Å²) in [7, 11) is 0. The molecule has 1 atom stereocenters. The van der Waals surface area contributed by atoms with Crippen molar-refractivity contribution < 1.29 is 18.9 Å². The fraction of sp³-hybridized carbons (Fsp3) is 0.286. The molecule has 2 heterocycles. The molecule has 0 amide bonds. The van der Waals surface area contributed by atoms with Gasteiger partial charge in [0.05, 0.1) is 17.2 Å². The quantitative estimate of drug-likeness (QED) is 0.790. The molecule has 6 nitrogen and oxygen atoms in total. The number of hydrogen-bond donors (Lipinski definition) is 2. The number of nitrogens with two attached hydrogens (primary N) is 2. The molecule has 1 aromatic carbocycles. The minimum absolute atomic E-state index is 0.0408. The molecule has 0 radical (unpaired) electrons. The Balaban J connectivity index is 2.02. The molecule has 0 spiro atoms. The number of fused-ring (bicyclic) bond motifs is 1. The molecular formula is C21H20FN4O2+. The maximum Gasteiger partial charge on any atom is 0.293 e. The van der Waals surface area contributed by atoms with Gasteiger partial charge in [-0.1, -0.05) is 26.0 Å². The second-order valence-corrected chi connectivity index (χ2v) is 8.05. The van der Waals surface area contributed by atoms with Crippen LogP contribution in [0.15, 0.2) is 35.6 Å². The number of anilines is 2. The Morgan fingerprint density at radius 1 is 1.25 bits per heavy atom. The molecule has 2 aromatic rings. The molecular weight excluding hydrogens is 359 g/mol. The molecule has 0 saturated heterocycles. The number of nitriles is 1. The van der Waals surface area contributed by atoms with Crippen molar-refractivity contribution in [2.24, 2.45) is 5.41 Å². The molecule has 28 heavy (non-hydrogen) atoms. The van der Waals surface area contributed by atoms with Gasteiger partial charge in [-0.15, -0.1) is 0 Å². The number of aromatic nitrogens is 1. The number of hydrogen-bond acceptors (Lipinski definition) is 5. The van der Waals surface area contributed by atoms with Gasteiger partial charge >= 0.3 is 0 Å². The van der Waals surface area contributed by atoms with Crippen LogP contribution < -0.4 is 21.2 Å². The number of nitrogens with zero attached hydrogens (tertiary/aromatic N) is 1. The van der Waals surface area contributed by atoms with E-state index < -0.39 is 5.92 Å². The number of carbonyl (C=O) groups is 1. The van der Waals surface area contributed by atoms with Gasteiger partial charge in [-0.05, 0) is 23.1 Å². The van der Waals surface area contributed by atoms with Crippen LogP contribution in [0.25, 0.3) is 0 Å². The summed E-state index contributed by atoms with van der Waals surface area (Å²) in [5.41, 5.74) is 13.9. The number of benzene rings is 1. The number of ketones is 1. The van der Waals surface area contributed by atoms with Crippen LogP contribution >= 0.6 is 0 Å². The van der Waals surface area contributed by atoms with Crippen molar-refractivity contribution in [3.8, 4) is 11.9 Å². The summed E-state index contributed by atoms with van der Waals surface area (Å²) in [6, 6.07) is 7.91. The zero-order chi connectivity index (χ0) is 20.2. The summed E-state index contributed by atoms with van der Waals surface area (Å²) in [5.74, 6) is -0.0128. The Hall–Kier alpha value is -3.40. The highest BCUT2D eigenvalue weighted by Crippen LogP contribution is 2.51. The van der Waals surface area contributed by atoms with Crippen LogP contribution in [-0.4, -0.2) is 5.78 Å². The number of aromatic amines is 1. The van der Waals surface area contributed by atoms with E-state index >= 15 is 0 Å². The average Bonchev–Trinajstić information content (AvgIpc) is 2.60. The Morgan fingerprint density at radius 2 is 1.93 bits per heavy atom. The van der Waals surface area contributed by atoms with Crippen LogP contribution in [0.1, 0.15) is 49.3 Å². The van der Waals surface area contributed by atoms with Gasteiger partial charge in [0.1, 0.15) is 17.6 Å². The average molecular weight is 379 g/mol. The molecule has 5 N–H and O–H groups in total. The number of carbonyl (C=O) groups excluding carboxylic acids is 1. The van der Waals surface area contributed by atoms with Crippen LogP contribution in [-0.2, 0) is 4.79 Å². The number of rotatable bonds is 1. The molecule has 0 saturated carbocycles. The fourth-order valence-electron chi connectivity index (χ4n) is 4.09. The van der Waals surface area contributed by atoms with Gasteiger partial charge in [0, 0.05) is 18.4 Å². The smallest absolute Gasteiger partial charge is 0.293 e. The van der Waals surface area contributed by atoms with Gasteiger partial charge in [0.2, 0.25) is 0 Å². The molecule has 0 bridgehead atoms. The zero-order valence-corrected chi connectivity index (χ0v) is 15.6. The van der Waals surface area contributed by atoms with Crippen molar-refractivity contribution in [1.29, 1.82) is 5.26 Å². The van der Waals surface area contributed by atoms with E-state index in [9.17, 15) is 14.4 Å². The SMILES string of the molecule is CC1(C)CC(=O)C2=C(C1)Oc1[nH+]c(N)c(C#N)c(N)c1[C@H]2c1ccc(F)cc1. The number of H-pyrrole nitrogens is 1. The molecule has 142 valence electrons. The first kappa shape index (κ1) is 18.0. The molecule has 7 heteroatoms. The van der Waals surface area contributed by atoms with E-state index in [0.717, 1.165) is 0 Å². The highest BCUT2D eigenvalue weighted by molar-refractivity contribution is 6.00. The molecule has 0 fully saturated rings. The third kappa shape index (κ3) is 2.69. The number of ether oxygens (including phenoxy) is 1. The lowest BCUT2D eigenvalue weighted by Gasteiger charge is -2.37. The summed E-state index contributed by atoms with van der Waals surface area (Å²) in [4.78, 5) is 16.0. The number of Topliss-reactive ketones (excluding diaryl/α,β-unsaturated/α-hetero) is 1. The van der Waals surface area contributed by atoms with Crippen molar-refractivity contribution >= 4 is 17.3 Å². The third-order valence-electron chi connectivity index (χ3n) is 5.32. The van der Waals surface area contributed by atoms with Crippen molar-refractivity contribution in [3.05, 3.63) is 58.1 Å². The summed E-state index contributed by atoms with van der Waals surface area (Å²) < 4.78 is 19.6. The predicted octanol–water partition coefficient (Wildman–Crippen LogP) is 2.84. The van der Waals surface area contributed by atoms with Crippen LogP contribution in [0.5, 0.6) is 5.88 Å². The van der Waals surface area contributed by atoms with E-state index in [0.29, 0.717) is 41.2 Å². The van der Waals surface area contributed by atoms with E-state index in [2.05, 4.69) is 4.98 Å². The summed E-state index contributed by atoms with van der Waals surface area (Å²) in [6.07, 6.45) is 0.935. The lowest BCUT2D eigenvalue weighted by molar-refractivity contribution is -0.377. The third-order valence-corrected chi connectivity index (χ3v) is 5.32. The van der Waals surface area contributed by atoms with Crippen LogP contribution in [0, 0.1) is 22.6 Å². The second kappa shape index (κ2) is 6.06. The Morgan fingerprint density at radius 3 is 2.57 bits per heavy atom. The van der Waals surface area contributed by atoms with Crippen LogP contribution in [0.3, 0.4) is 0 Å². The number of allylic oxidation sites excluding steroid dienone is 2. The number of halogens is 1. The minimum atomic E-state index is -0.563. The van der Waals surface area contributed by atoms with Crippen molar-refractivity contribution in [2.45, 2.75) is 32.6 Å². The second-order valence-electron chi connectivity index (χ2n) is 8.05. The number of nitrogens with one attached hydrogen (secondary N) is 1. The van der Waals surface area contributed by atoms with Crippen molar-refractivity contribution in [3.63, 3.8) is 0 Å². The van der Waals surface area contributed by atoms with Gasteiger partial charge in [0.25, 0.3) is 11.7 Å². The van der Waals surface area contributed by atoms with E-state index in [1.165, 1.54) is 12.1 Å². The molecule has 1 aliphatic carbocycles. The van der Waals surface area contributed by atoms with E-state index in [-0.39, 0.29) is 34.1 Å². The van der Waals surface area contributed by atoms with E-state index in [1.54, 1.807) is 12.1 Å².